The number of amides is 2. The number of hydrogen-bond donors (Lipinski definition) is 3. The number of rotatable bonds is 6. The van der Waals surface area contributed by atoms with Crippen molar-refractivity contribution in [3.8, 4) is 0 Å². The fourth-order valence-electron chi connectivity index (χ4n) is 2.39. The van der Waals surface area contributed by atoms with Crippen LogP contribution in [0, 0.1) is 0 Å². The van der Waals surface area contributed by atoms with Crippen LogP contribution in [0.15, 0.2) is 0 Å². The normalized spacial score (nSPS) is 23.2. The Morgan fingerprint density at radius 1 is 1.16 bits per heavy atom. The Kier molecular flexibility index (Phi) is 6.80. The molecule has 6 heteroatoms. The fourth-order valence-corrected chi connectivity index (χ4v) is 2.39. The second-order valence-electron chi connectivity index (χ2n) is 5.32. The number of nitrogens with two attached hydrogens (primary N) is 1. The zero-order valence-electron chi connectivity index (χ0n) is 11.9. The molecule has 0 radical (unpaired) electrons. The third kappa shape index (κ3) is 6.54. The van der Waals surface area contributed by atoms with Crippen molar-refractivity contribution in [1.29, 1.82) is 0 Å². The van der Waals surface area contributed by atoms with Crippen molar-refractivity contribution in [3.63, 3.8) is 0 Å². The molecule has 1 saturated carbocycles. The van der Waals surface area contributed by atoms with Crippen LogP contribution >= 0.6 is 0 Å². The number of carbonyl (C=O) groups excluding carboxylic acids is 2. The molecule has 0 spiro atoms. The third-order valence-corrected chi connectivity index (χ3v) is 3.58. The summed E-state index contributed by atoms with van der Waals surface area (Å²) in [5.74, 6) is -0.0763. The van der Waals surface area contributed by atoms with E-state index in [9.17, 15) is 9.59 Å². The van der Waals surface area contributed by atoms with Crippen LogP contribution in [0.3, 0.4) is 0 Å². The van der Waals surface area contributed by atoms with E-state index in [0.717, 1.165) is 25.7 Å². The van der Waals surface area contributed by atoms with Crippen molar-refractivity contribution in [1.82, 2.24) is 15.5 Å². The molecule has 0 heterocycles. The van der Waals surface area contributed by atoms with Crippen LogP contribution in [0.25, 0.3) is 0 Å². The number of nitrogens with zero attached hydrogens (tertiary/aromatic N) is 1. The molecular weight excluding hydrogens is 244 g/mol. The molecule has 1 rings (SSSR count). The molecule has 0 unspecified atom stereocenters. The highest BCUT2D eigenvalue weighted by atomic mass is 16.2. The number of hydrogen-bond acceptors (Lipinski definition) is 4. The molecule has 2 amide bonds. The summed E-state index contributed by atoms with van der Waals surface area (Å²) < 4.78 is 0. The van der Waals surface area contributed by atoms with E-state index in [-0.39, 0.29) is 11.8 Å². The second-order valence-corrected chi connectivity index (χ2v) is 5.32. The third-order valence-electron chi connectivity index (χ3n) is 3.58. The van der Waals surface area contributed by atoms with Gasteiger partial charge in [0.1, 0.15) is 0 Å². The number of likely N-dealkylation sites (N-methyl/N-ethyl adjacent to an activating group) is 1. The van der Waals surface area contributed by atoms with E-state index in [0.29, 0.717) is 31.7 Å². The minimum atomic E-state index is -0.0788. The lowest BCUT2D eigenvalue weighted by Gasteiger charge is -2.33. The van der Waals surface area contributed by atoms with Gasteiger partial charge in [0.05, 0.1) is 6.54 Å². The van der Waals surface area contributed by atoms with Gasteiger partial charge < -0.3 is 16.4 Å². The van der Waals surface area contributed by atoms with E-state index in [1.54, 1.807) is 0 Å². The van der Waals surface area contributed by atoms with Crippen LogP contribution < -0.4 is 16.4 Å². The predicted molar refractivity (Wildman–Crippen MR) is 74.6 cm³/mol. The Balaban J connectivity index is 2.15. The van der Waals surface area contributed by atoms with Gasteiger partial charge in [-0.2, -0.15) is 0 Å². The van der Waals surface area contributed by atoms with Crippen molar-refractivity contribution in [3.05, 3.63) is 0 Å². The summed E-state index contributed by atoms with van der Waals surface area (Å²) in [6.07, 6.45) is 4.21. The molecule has 0 aromatic rings. The Labute approximate surface area is 115 Å². The summed E-state index contributed by atoms with van der Waals surface area (Å²) in [7, 11) is 1.98. The Morgan fingerprint density at radius 2 is 1.74 bits per heavy atom. The molecule has 0 aromatic heterocycles. The van der Waals surface area contributed by atoms with Crippen molar-refractivity contribution in [2.75, 3.05) is 26.7 Å². The summed E-state index contributed by atoms with van der Waals surface area (Å²) in [4.78, 5) is 24.5. The molecule has 0 aromatic carbocycles. The maximum Gasteiger partial charge on any atom is 0.234 e. The topological polar surface area (TPSA) is 87.5 Å². The largest absolute Gasteiger partial charge is 0.355 e. The summed E-state index contributed by atoms with van der Waals surface area (Å²) in [5.41, 5.74) is 5.87. The van der Waals surface area contributed by atoms with Gasteiger partial charge in [-0.15, -0.1) is 0 Å². The first-order chi connectivity index (χ1) is 8.99. The average Bonchev–Trinajstić information content (AvgIpc) is 2.35. The molecular formula is C13H26N4O2. The fraction of sp³-hybridized carbons (Fsp3) is 0.846. The molecule has 110 valence electrons. The lowest BCUT2D eigenvalue weighted by molar-refractivity contribution is -0.123. The van der Waals surface area contributed by atoms with Crippen LogP contribution in [0.2, 0.25) is 0 Å². The van der Waals surface area contributed by atoms with Crippen LogP contribution in [0.1, 0.15) is 32.6 Å². The quantitative estimate of drug-likeness (QED) is 0.565. The van der Waals surface area contributed by atoms with Crippen molar-refractivity contribution in [2.24, 2.45) is 5.73 Å². The Morgan fingerprint density at radius 3 is 2.32 bits per heavy atom. The first-order valence-corrected chi connectivity index (χ1v) is 6.96. The molecule has 19 heavy (non-hydrogen) atoms. The summed E-state index contributed by atoms with van der Waals surface area (Å²) in [5, 5.41) is 5.44. The second kappa shape index (κ2) is 8.12. The van der Waals surface area contributed by atoms with Gasteiger partial charge in [0, 0.05) is 32.1 Å². The lowest BCUT2D eigenvalue weighted by Crippen LogP contribution is -2.44. The van der Waals surface area contributed by atoms with E-state index >= 15 is 0 Å². The highest BCUT2D eigenvalue weighted by Gasteiger charge is 2.22. The van der Waals surface area contributed by atoms with Gasteiger partial charge in [-0.1, -0.05) is 0 Å². The van der Waals surface area contributed by atoms with Gasteiger partial charge in [0.25, 0.3) is 0 Å². The molecule has 4 N–H and O–H groups in total. The van der Waals surface area contributed by atoms with Crippen molar-refractivity contribution >= 4 is 11.8 Å². The first kappa shape index (κ1) is 15.9. The van der Waals surface area contributed by atoms with E-state index in [4.69, 9.17) is 5.73 Å². The maximum atomic E-state index is 11.7. The smallest absolute Gasteiger partial charge is 0.234 e. The van der Waals surface area contributed by atoms with E-state index in [1.807, 2.05) is 7.05 Å². The van der Waals surface area contributed by atoms with Gasteiger partial charge in [0.15, 0.2) is 0 Å². The molecule has 0 saturated heterocycles. The zero-order chi connectivity index (χ0) is 14.3. The molecule has 0 aliphatic heterocycles. The first-order valence-electron chi connectivity index (χ1n) is 6.96. The average molecular weight is 270 g/mol. The van der Waals surface area contributed by atoms with E-state index in [2.05, 4.69) is 15.5 Å². The van der Waals surface area contributed by atoms with E-state index in [1.165, 1.54) is 6.92 Å². The minimum absolute atomic E-state index is 0.00252. The zero-order valence-corrected chi connectivity index (χ0v) is 11.9. The molecule has 0 bridgehead atoms. The molecule has 1 aliphatic carbocycles. The SMILES string of the molecule is CC(=O)NCCNC(=O)CN(C)C1CCC(N)CC1. The van der Waals surface area contributed by atoms with Crippen molar-refractivity contribution < 1.29 is 9.59 Å². The van der Waals surface area contributed by atoms with Crippen molar-refractivity contribution in [2.45, 2.75) is 44.7 Å². The maximum absolute atomic E-state index is 11.7. The Hall–Kier alpha value is -1.14. The van der Waals surface area contributed by atoms with Gasteiger partial charge in [-0.3, -0.25) is 14.5 Å². The van der Waals surface area contributed by atoms with Gasteiger partial charge in [-0.05, 0) is 32.7 Å². The summed E-state index contributed by atoms with van der Waals surface area (Å²) in [6, 6.07) is 0.789. The van der Waals surface area contributed by atoms with E-state index < -0.39 is 0 Å². The summed E-state index contributed by atoms with van der Waals surface area (Å²) >= 11 is 0. The van der Waals surface area contributed by atoms with Crippen LogP contribution in [0.5, 0.6) is 0 Å². The number of nitrogens with one attached hydrogen (secondary N) is 2. The molecule has 0 atom stereocenters. The minimum Gasteiger partial charge on any atom is -0.355 e. The van der Waals surface area contributed by atoms with Gasteiger partial charge in [-0.25, -0.2) is 0 Å². The molecule has 1 fully saturated rings. The van der Waals surface area contributed by atoms with Crippen LogP contribution in [0.4, 0.5) is 0 Å². The monoisotopic (exact) mass is 270 g/mol. The van der Waals surface area contributed by atoms with Gasteiger partial charge in [0.2, 0.25) is 11.8 Å². The van der Waals surface area contributed by atoms with Gasteiger partial charge >= 0.3 is 0 Å². The predicted octanol–water partition coefficient (Wildman–Crippen LogP) is -0.560. The lowest BCUT2D eigenvalue weighted by atomic mass is 9.91. The molecule has 1 aliphatic rings. The molecule has 6 nitrogen and oxygen atoms in total. The Bertz CT molecular complexity index is 301. The highest BCUT2D eigenvalue weighted by molar-refractivity contribution is 5.78. The van der Waals surface area contributed by atoms with Crippen LogP contribution in [-0.4, -0.2) is 55.5 Å². The summed E-state index contributed by atoms with van der Waals surface area (Å²) in [6.45, 7) is 2.81. The van der Waals surface area contributed by atoms with Crippen LogP contribution in [-0.2, 0) is 9.59 Å². The standard InChI is InChI=1S/C13H26N4O2/c1-10(18)15-7-8-16-13(19)9-17(2)12-5-3-11(14)4-6-12/h11-12H,3-9,14H2,1-2H3,(H,15,18)(H,16,19). The highest BCUT2D eigenvalue weighted by Crippen LogP contribution is 2.20. The number of carbonyl (C=O) groups is 2.